The van der Waals surface area contributed by atoms with Gasteiger partial charge in [-0.1, -0.05) is 38.0 Å². The van der Waals surface area contributed by atoms with Gasteiger partial charge in [0.05, 0.1) is 17.1 Å². The number of imidazole rings is 1. The first-order chi connectivity index (χ1) is 13.0. The summed E-state index contributed by atoms with van der Waals surface area (Å²) in [6.07, 6.45) is 7.02. The molecule has 6 nitrogen and oxygen atoms in total. The van der Waals surface area contributed by atoms with Crippen molar-refractivity contribution in [2.45, 2.75) is 57.7 Å². The van der Waals surface area contributed by atoms with Gasteiger partial charge in [-0.3, -0.25) is 9.59 Å². The standard InChI is InChI=1S/C21H28N4O2/c1-4-19(26)22-15(2)21-23-17-12-8-9-13-18(17)25(21)14-20(27)24(3)16-10-6-5-7-11-16/h4,8-9,12-13,15-16H,1,5-7,10-11,14H2,2-3H3,(H,22,26). The van der Waals surface area contributed by atoms with Crippen molar-refractivity contribution in [2.75, 3.05) is 7.05 Å². The highest BCUT2D eigenvalue weighted by Gasteiger charge is 2.25. The van der Waals surface area contributed by atoms with Gasteiger partial charge in [-0.2, -0.15) is 0 Å². The number of nitrogens with one attached hydrogen (secondary N) is 1. The molecule has 1 aliphatic rings. The summed E-state index contributed by atoms with van der Waals surface area (Å²) < 4.78 is 1.92. The van der Waals surface area contributed by atoms with E-state index in [0.717, 1.165) is 23.9 Å². The average molecular weight is 368 g/mol. The van der Waals surface area contributed by atoms with E-state index in [2.05, 4.69) is 16.9 Å². The first kappa shape index (κ1) is 19.1. The van der Waals surface area contributed by atoms with Gasteiger partial charge in [0.25, 0.3) is 0 Å². The van der Waals surface area contributed by atoms with E-state index < -0.39 is 0 Å². The summed E-state index contributed by atoms with van der Waals surface area (Å²) in [6, 6.07) is 7.74. The molecule has 0 saturated heterocycles. The molecule has 1 fully saturated rings. The van der Waals surface area contributed by atoms with Crippen LogP contribution in [0.5, 0.6) is 0 Å². The molecule has 144 valence electrons. The predicted octanol–water partition coefficient (Wildman–Crippen LogP) is 3.19. The highest BCUT2D eigenvalue weighted by atomic mass is 16.2. The number of hydrogen-bond donors (Lipinski definition) is 1. The minimum atomic E-state index is -0.323. The van der Waals surface area contributed by atoms with Crippen LogP contribution >= 0.6 is 0 Å². The third-order valence-electron chi connectivity index (χ3n) is 5.42. The number of amides is 2. The number of carbonyl (C=O) groups is 2. The van der Waals surface area contributed by atoms with Crippen LogP contribution in [-0.2, 0) is 16.1 Å². The van der Waals surface area contributed by atoms with E-state index >= 15 is 0 Å². The third-order valence-corrected chi connectivity index (χ3v) is 5.42. The van der Waals surface area contributed by atoms with Gasteiger partial charge < -0.3 is 14.8 Å². The van der Waals surface area contributed by atoms with Crippen molar-refractivity contribution in [1.29, 1.82) is 0 Å². The van der Waals surface area contributed by atoms with E-state index in [1.165, 1.54) is 25.3 Å². The molecule has 1 aromatic heterocycles. The van der Waals surface area contributed by atoms with Gasteiger partial charge in [0.15, 0.2) is 0 Å². The molecule has 3 rings (SSSR count). The number of likely N-dealkylation sites (N-methyl/N-ethyl adjacent to an activating group) is 1. The number of para-hydroxylation sites is 2. The molecule has 1 saturated carbocycles. The van der Waals surface area contributed by atoms with Gasteiger partial charge in [-0.25, -0.2) is 4.98 Å². The average Bonchev–Trinajstić information content (AvgIpc) is 3.06. The molecule has 27 heavy (non-hydrogen) atoms. The van der Waals surface area contributed by atoms with E-state index in [1.807, 2.05) is 47.7 Å². The van der Waals surface area contributed by atoms with Crippen molar-refractivity contribution >= 4 is 22.8 Å². The maximum Gasteiger partial charge on any atom is 0.243 e. The lowest BCUT2D eigenvalue weighted by Crippen LogP contribution is -2.40. The van der Waals surface area contributed by atoms with Crippen LogP contribution < -0.4 is 5.32 Å². The third kappa shape index (κ3) is 4.21. The molecule has 1 N–H and O–H groups in total. The number of aromatic nitrogens is 2. The van der Waals surface area contributed by atoms with Crippen LogP contribution in [0.1, 0.15) is 50.9 Å². The Hall–Kier alpha value is -2.63. The normalized spacial score (nSPS) is 16.1. The zero-order valence-electron chi connectivity index (χ0n) is 16.1. The highest BCUT2D eigenvalue weighted by molar-refractivity contribution is 5.87. The number of hydrogen-bond acceptors (Lipinski definition) is 3. The second-order valence-corrected chi connectivity index (χ2v) is 7.28. The molecule has 0 aliphatic heterocycles. The molecule has 1 atom stereocenters. The van der Waals surface area contributed by atoms with Crippen molar-refractivity contribution in [3.05, 3.63) is 42.7 Å². The Morgan fingerprint density at radius 2 is 2.04 bits per heavy atom. The summed E-state index contributed by atoms with van der Waals surface area (Å²) in [6.45, 7) is 5.58. The zero-order chi connectivity index (χ0) is 19.4. The Balaban J connectivity index is 1.87. The lowest BCUT2D eigenvalue weighted by Gasteiger charge is -2.31. The number of carbonyl (C=O) groups excluding carboxylic acids is 2. The smallest absolute Gasteiger partial charge is 0.243 e. The molecule has 1 aliphatic carbocycles. The van der Waals surface area contributed by atoms with Crippen molar-refractivity contribution < 1.29 is 9.59 Å². The van der Waals surface area contributed by atoms with Gasteiger partial charge in [0, 0.05) is 13.1 Å². The molecule has 1 unspecified atom stereocenters. The van der Waals surface area contributed by atoms with E-state index in [9.17, 15) is 9.59 Å². The summed E-state index contributed by atoms with van der Waals surface area (Å²) in [5.74, 6) is 0.497. The SMILES string of the molecule is C=CC(=O)NC(C)c1nc2ccccc2n1CC(=O)N(C)C1CCCCC1. The predicted molar refractivity (Wildman–Crippen MR) is 106 cm³/mol. The van der Waals surface area contributed by atoms with E-state index in [-0.39, 0.29) is 24.4 Å². The molecule has 1 aromatic carbocycles. The topological polar surface area (TPSA) is 67.2 Å². The van der Waals surface area contributed by atoms with Gasteiger partial charge in [-0.05, 0) is 38.0 Å². The first-order valence-corrected chi connectivity index (χ1v) is 9.65. The van der Waals surface area contributed by atoms with Gasteiger partial charge in [0.2, 0.25) is 11.8 Å². The molecule has 2 aromatic rings. The summed E-state index contributed by atoms with van der Waals surface area (Å²) in [7, 11) is 1.90. The quantitative estimate of drug-likeness (QED) is 0.796. The van der Waals surface area contributed by atoms with Gasteiger partial charge in [0.1, 0.15) is 12.4 Å². The number of rotatable bonds is 6. The Morgan fingerprint density at radius 1 is 1.33 bits per heavy atom. The molecule has 0 radical (unpaired) electrons. The fourth-order valence-corrected chi connectivity index (χ4v) is 3.85. The first-order valence-electron chi connectivity index (χ1n) is 9.65. The van der Waals surface area contributed by atoms with Crippen LogP contribution in [-0.4, -0.2) is 39.4 Å². The van der Waals surface area contributed by atoms with Crippen LogP contribution in [0.4, 0.5) is 0 Å². The minimum absolute atomic E-state index is 0.0774. The number of fused-ring (bicyclic) bond motifs is 1. The number of nitrogens with zero attached hydrogens (tertiary/aromatic N) is 3. The van der Waals surface area contributed by atoms with E-state index in [0.29, 0.717) is 11.9 Å². The summed E-state index contributed by atoms with van der Waals surface area (Å²) in [5.41, 5.74) is 1.72. The highest BCUT2D eigenvalue weighted by Crippen LogP contribution is 2.24. The maximum absolute atomic E-state index is 13.0. The summed E-state index contributed by atoms with van der Waals surface area (Å²) in [4.78, 5) is 31.3. The lowest BCUT2D eigenvalue weighted by atomic mass is 9.94. The monoisotopic (exact) mass is 368 g/mol. The van der Waals surface area contributed by atoms with Crippen LogP contribution in [0, 0.1) is 0 Å². The van der Waals surface area contributed by atoms with E-state index in [4.69, 9.17) is 0 Å². The van der Waals surface area contributed by atoms with Crippen LogP contribution in [0.2, 0.25) is 0 Å². The molecule has 2 amide bonds. The van der Waals surface area contributed by atoms with Gasteiger partial charge in [-0.15, -0.1) is 0 Å². The lowest BCUT2D eigenvalue weighted by molar-refractivity contribution is -0.133. The Labute approximate surface area is 160 Å². The van der Waals surface area contributed by atoms with Gasteiger partial charge >= 0.3 is 0 Å². The fourth-order valence-electron chi connectivity index (χ4n) is 3.85. The zero-order valence-corrected chi connectivity index (χ0v) is 16.1. The van der Waals surface area contributed by atoms with Crippen LogP contribution in [0.3, 0.4) is 0 Å². The van der Waals surface area contributed by atoms with Crippen LogP contribution in [0.25, 0.3) is 11.0 Å². The largest absolute Gasteiger partial charge is 0.343 e. The van der Waals surface area contributed by atoms with E-state index in [1.54, 1.807) is 0 Å². The van der Waals surface area contributed by atoms with Crippen molar-refractivity contribution in [3.63, 3.8) is 0 Å². The van der Waals surface area contributed by atoms with Crippen molar-refractivity contribution in [1.82, 2.24) is 19.8 Å². The molecule has 0 spiro atoms. The molecule has 0 bridgehead atoms. The molecular formula is C21H28N4O2. The Bertz CT molecular complexity index is 836. The number of benzene rings is 1. The Kier molecular flexibility index (Phi) is 5.94. The summed E-state index contributed by atoms with van der Waals surface area (Å²) in [5, 5.41) is 2.85. The summed E-state index contributed by atoms with van der Waals surface area (Å²) >= 11 is 0. The second-order valence-electron chi connectivity index (χ2n) is 7.28. The van der Waals surface area contributed by atoms with Crippen molar-refractivity contribution in [3.8, 4) is 0 Å². The molecular weight excluding hydrogens is 340 g/mol. The van der Waals surface area contributed by atoms with Crippen molar-refractivity contribution in [2.24, 2.45) is 0 Å². The Morgan fingerprint density at radius 3 is 2.74 bits per heavy atom. The maximum atomic E-state index is 13.0. The molecule has 1 heterocycles. The van der Waals surface area contributed by atoms with Crippen LogP contribution in [0.15, 0.2) is 36.9 Å². The minimum Gasteiger partial charge on any atom is -0.343 e. The molecule has 6 heteroatoms. The second kappa shape index (κ2) is 8.37. The fraction of sp³-hybridized carbons (Fsp3) is 0.476.